The summed E-state index contributed by atoms with van der Waals surface area (Å²) in [6, 6.07) is 0. The fourth-order valence-electron chi connectivity index (χ4n) is 2.53. The molecule has 0 atom stereocenters. The SMILES string of the molecule is CN1CCC(Cn2cncc2C(C)(C)N)CC1. The molecule has 0 amide bonds. The molecule has 0 radical (unpaired) electrons. The van der Waals surface area contributed by atoms with Gasteiger partial charge in [0.1, 0.15) is 0 Å². The molecule has 17 heavy (non-hydrogen) atoms. The Balaban J connectivity index is 2.02. The van der Waals surface area contributed by atoms with Gasteiger partial charge in [0.2, 0.25) is 0 Å². The Labute approximate surface area is 104 Å². The number of rotatable bonds is 3. The largest absolute Gasteiger partial charge is 0.333 e. The molecule has 1 aliphatic rings. The first kappa shape index (κ1) is 12.6. The van der Waals surface area contributed by atoms with Gasteiger partial charge in [0.15, 0.2) is 0 Å². The molecule has 4 nitrogen and oxygen atoms in total. The number of piperidine rings is 1. The molecule has 0 bridgehead atoms. The Morgan fingerprint density at radius 1 is 1.41 bits per heavy atom. The van der Waals surface area contributed by atoms with Crippen LogP contribution in [-0.4, -0.2) is 34.6 Å². The van der Waals surface area contributed by atoms with Gasteiger partial charge in [-0.25, -0.2) is 4.98 Å². The molecule has 0 unspecified atom stereocenters. The van der Waals surface area contributed by atoms with E-state index >= 15 is 0 Å². The number of imidazole rings is 1. The lowest BCUT2D eigenvalue weighted by Gasteiger charge is -2.30. The van der Waals surface area contributed by atoms with Crippen molar-refractivity contribution < 1.29 is 0 Å². The second-order valence-electron chi connectivity index (χ2n) is 5.90. The average molecular weight is 236 g/mol. The molecule has 2 N–H and O–H groups in total. The second-order valence-corrected chi connectivity index (χ2v) is 5.90. The predicted molar refractivity (Wildman–Crippen MR) is 69.7 cm³/mol. The van der Waals surface area contributed by atoms with Crippen molar-refractivity contribution in [3.63, 3.8) is 0 Å². The van der Waals surface area contributed by atoms with E-state index in [9.17, 15) is 0 Å². The normalized spacial score (nSPS) is 19.8. The first-order valence-electron chi connectivity index (χ1n) is 6.45. The summed E-state index contributed by atoms with van der Waals surface area (Å²) in [6.07, 6.45) is 6.37. The van der Waals surface area contributed by atoms with Gasteiger partial charge in [-0.05, 0) is 52.7 Å². The van der Waals surface area contributed by atoms with Crippen molar-refractivity contribution in [2.45, 2.75) is 38.8 Å². The highest BCUT2D eigenvalue weighted by molar-refractivity contribution is 5.10. The Bertz CT molecular complexity index is 356. The minimum Gasteiger partial charge on any atom is -0.333 e. The van der Waals surface area contributed by atoms with Crippen molar-refractivity contribution in [3.8, 4) is 0 Å². The number of hydrogen-bond acceptors (Lipinski definition) is 3. The van der Waals surface area contributed by atoms with Crippen molar-refractivity contribution in [2.75, 3.05) is 20.1 Å². The molecule has 1 aliphatic heterocycles. The average Bonchev–Trinajstić information content (AvgIpc) is 2.69. The molecule has 0 aliphatic carbocycles. The molecule has 0 saturated carbocycles. The zero-order valence-electron chi connectivity index (χ0n) is 11.2. The first-order chi connectivity index (χ1) is 7.97. The highest BCUT2D eigenvalue weighted by Crippen LogP contribution is 2.22. The van der Waals surface area contributed by atoms with Gasteiger partial charge in [-0.1, -0.05) is 0 Å². The molecule has 0 aromatic carbocycles. The molecule has 0 spiro atoms. The van der Waals surface area contributed by atoms with Crippen molar-refractivity contribution in [3.05, 3.63) is 18.2 Å². The summed E-state index contributed by atoms with van der Waals surface area (Å²) in [5.41, 5.74) is 6.99. The van der Waals surface area contributed by atoms with Gasteiger partial charge >= 0.3 is 0 Å². The van der Waals surface area contributed by atoms with Gasteiger partial charge in [0.25, 0.3) is 0 Å². The fraction of sp³-hybridized carbons (Fsp3) is 0.769. The third-order valence-electron chi connectivity index (χ3n) is 3.67. The summed E-state index contributed by atoms with van der Waals surface area (Å²) in [5.74, 6) is 0.765. The highest BCUT2D eigenvalue weighted by Gasteiger charge is 2.22. The zero-order valence-corrected chi connectivity index (χ0v) is 11.2. The maximum Gasteiger partial charge on any atom is 0.0948 e. The molecule has 1 saturated heterocycles. The van der Waals surface area contributed by atoms with E-state index in [0.717, 1.165) is 18.2 Å². The number of hydrogen-bond donors (Lipinski definition) is 1. The number of nitrogens with zero attached hydrogens (tertiary/aromatic N) is 3. The van der Waals surface area contributed by atoms with Gasteiger partial charge < -0.3 is 15.2 Å². The van der Waals surface area contributed by atoms with Crippen LogP contribution in [0.1, 0.15) is 32.4 Å². The summed E-state index contributed by atoms with van der Waals surface area (Å²) in [7, 11) is 2.20. The lowest BCUT2D eigenvalue weighted by molar-refractivity contribution is 0.203. The summed E-state index contributed by atoms with van der Waals surface area (Å²) in [4.78, 5) is 6.64. The third-order valence-corrected chi connectivity index (χ3v) is 3.67. The minimum absolute atomic E-state index is 0.304. The lowest BCUT2D eigenvalue weighted by Crippen LogP contribution is -2.35. The Morgan fingerprint density at radius 3 is 2.65 bits per heavy atom. The van der Waals surface area contributed by atoms with Crippen LogP contribution >= 0.6 is 0 Å². The summed E-state index contributed by atoms with van der Waals surface area (Å²) < 4.78 is 2.23. The minimum atomic E-state index is -0.304. The first-order valence-corrected chi connectivity index (χ1v) is 6.45. The van der Waals surface area contributed by atoms with Crippen LogP contribution < -0.4 is 5.73 Å². The summed E-state index contributed by atoms with van der Waals surface area (Å²) in [5, 5.41) is 0. The van der Waals surface area contributed by atoms with Gasteiger partial charge in [-0.2, -0.15) is 0 Å². The Kier molecular flexibility index (Phi) is 3.54. The maximum absolute atomic E-state index is 6.16. The van der Waals surface area contributed by atoms with E-state index in [2.05, 4.69) is 21.5 Å². The van der Waals surface area contributed by atoms with Crippen LogP contribution in [0, 0.1) is 5.92 Å². The van der Waals surface area contributed by atoms with Crippen LogP contribution in [0.15, 0.2) is 12.5 Å². The van der Waals surface area contributed by atoms with Crippen molar-refractivity contribution >= 4 is 0 Å². The topological polar surface area (TPSA) is 47.1 Å². The Hall–Kier alpha value is -0.870. The molecule has 2 heterocycles. The molecule has 1 aromatic rings. The molecule has 4 heteroatoms. The van der Waals surface area contributed by atoms with E-state index in [1.807, 2.05) is 26.4 Å². The van der Waals surface area contributed by atoms with Gasteiger partial charge in [-0.3, -0.25) is 0 Å². The van der Waals surface area contributed by atoms with Crippen molar-refractivity contribution in [1.82, 2.24) is 14.5 Å². The van der Waals surface area contributed by atoms with E-state index in [-0.39, 0.29) is 5.54 Å². The molecule has 2 rings (SSSR count). The molecular formula is C13H24N4. The van der Waals surface area contributed by atoms with Gasteiger partial charge in [0, 0.05) is 12.7 Å². The van der Waals surface area contributed by atoms with Crippen molar-refractivity contribution in [2.24, 2.45) is 11.7 Å². The number of aromatic nitrogens is 2. The number of likely N-dealkylation sites (tertiary alicyclic amines) is 1. The van der Waals surface area contributed by atoms with E-state index in [1.54, 1.807) is 0 Å². The molecule has 1 fully saturated rings. The van der Waals surface area contributed by atoms with Gasteiger partial charge in [0.05, 0.1) is 17.6 Å². The standard InChI is InChI=1S/C13H24N4/c1-13(2,14)12-8-15-10-17(12)9-11-4-6-16(3)7-5-11/h8,10-11H,4-7,9,14H2,1-3H3. The van der Waals surface area contributed by atoms with Crippen molar-refractivity contribution in [1.29, 1.82) is 0 Å². The molecule has 1 aromatic heterocycles. The third kappa shape index (κ3) is 3.07. The van der Waals surface area contributed by atoms with Gasteiger partial charge in [-0.15, -0.1) is 0 Å². The Morgan fingerprint density at radius 2 is 2.06 bits per heavy atom. The quantitative estimate of drug-likeness (QED) is 0.863. The van der Waals surface area contributed by atoms with Crippen LogP contribution in [0.4, 0.5) is 0 Å². The zero-order chi connectivity index (χ0) is 12.5. The van der Waals surface area contributed by atoms with Crippen LogP contribution in [0.3, 0.4) is 0 Å². The second kappa shape index (κ2) is 4.78. The van der Waals surface area contributed by atoms with E-state index in [1.165, 1.54) is 25.9 Å². The van der Waals surface area contributed by atoms with E-state index in [0.29, 0.717) is 0 Å². The highest BCUT2D eigenvalue weighted by atomic mass is 15.1. The molecular weight excluding hydrogens is 212 g/mol. The smallest absolute Gasteiger partial charge is 0.0948 e. The number of nitrogens with two attached hydrogens (primary N) is 1. The molecule has 96 valence electrons. The monoisotopic (exact) mass is 236 g/mol. The van der Waals surface area contributed by atoms with Crippen LogP contribution in [-0.2, 0) is 12.1 Å². The van der Waals surface area contributed by atoms with E-state index in [4.69, 9.17) is 5.73 Å². The van der Waals surface area contributed by atoms with E-state index < -0.39 is 0 Å². The lowest BCUT2D eigenvalue weighted by atomic mass is 9.96. The van der Waals surface area contributed by atoms with Crippen LogP contribution in [0.2, 0.25) is 0 Å². The predicted octanol–water partition coefficient (Wildman–Crippen LogP) is 1.42. The summed E-state index contributed by atoms with van der Waals surface area (Å²) in [6.45, 7) is 7.55. The van der Waals surface area contributed by atoms with Crippen LogP contribution in [0.25, 0.3) is 0 Å². The fourth-order valence-corrected chi connectivity index (χ4v) is 2.53. The summed E-state index contributed by atoms with van der Waals surface area (Å²) >= 11 is 0. The maximum atomic E-state index is 6.16. The van der Waals surface area contributed by atoms with Crippen LogP contribution in [0.5, 0.6) is 0 Å².